The molecule has 0 unspecified atom stereocenters. The summed E-state index contributed by atoms with van der Waals surface area (Å²) < 4.78 is 0. The first kappa shape index (κ1) is 12.9. The van der Waals surface area contributed by atoms with E-state index in [9.17, 15) is 4.79 Å². The lowest BCUT2D eigenvalue weighted by Gasteiger charge is -2.36. The van der Waals surface area contributed by atoms with Crippen LogP contribution in [0.5, 0.6) is 0 Å². The van der Waals surface area contributed by atoms with Crippen LogP contribution in [0.15, 0.2) is 42.1 Å². The zero-order valence-electron chi connectivity index (χ0n) is 11.4. The molecule has 1 aromatic carbocycles. The quantitative estimate of drug-likeness (QED) is 0.733. The van der Waals surface area contributed by atoms with Crippen LogP contribution in [0.3, 0.4) is 0 Å². The lowest BCUT2D eigenvalue weighted by atomic mass is 9.88. The zero-order valence-corrected chi connectivity index (χ0v) is 11.4. The van der Waals surface area contributed by atoms with Crippen molar-refractivity contribution in [3.05, 3.63) is 47.7 Å². The van der Waals surface area contributed by atoms with Crippen molar-refractivity contribution in [1.29, 1.82) is 0 Å². The molecule has 96 valence electrons. The first-order valence-electron chi connectivity index (χ1n) is 6.58. The fourth-order valence-corrected chi connectivity index (χ4v) is 2.38. The highest BCUT2D eigenvalue weighted by Crippen LogP contribution is 2.32. The normalized spacial score (nSPS) is 16.4. The van der Waals surface area contributed by atoms with Crippen LogP contribution in [0.4, 0.5) is 0 Å². The van der Waals surface area contributed by atoms with Gasteiger partial charge in [0.25, 0.3) is 5.91 Å². The van der Waals surface area contributed by atoms with Gasteiger partial charge in [-0.05, 0) is 25.0 Å². The van der Waals surface area contributed by atoms with Gasteiger partial charge in [-0.2, -0.15) is 0 Å². The molecule has 1 heterocycles. The summed E-state index contributed by atoms with van der Waals surface area (Å²) in [6.07, 6.45) is 4.34. The Morgan fingerprint density at radius 1 is 1.17 bits per heavy atom. The van der Waals surface area contributed by atoms with E-state index in [2.05, 4.69) is 26.8 Å². The summed E-state index contributed by atoms with van der Waals surface area (Å²) in [5, 5.41) is 0. The number of hydrogen-bond acceptors (Lipinski definition) is 1. The highest BCUT2D eigenvalue weighted by molar-refractivity contribution is 5.95. The Balaban J connectivity index is 2.29. The molecule has 0 saturated heterocycles. The van der Waals surface area contributed by atoms with Gasteiger partial charge >= 0.3 is 0 Å². The largest absolute Gasteiger partial charge is 0.312 e. The summed E-state index contributed by atoms with van der Waals surface area (Å²) in [7, 11) is 0. The SMILES string of the molecule is CC(C)(C)C1=CCCCN1C(=O)c1ccccc1. The monoisotopic (exact) mass is 243 g/mol. The van der Waals surface area contributed by atoms with Crippen molar-refractivity contribution in [3.8, 4) is 0 Å². The fourth-order valence-electron chi connectivity index (χ4n) is 2.38. The van der Waals surface area contributed by atoms with E-state index in [-0.39, 0.29) is 11.3 Å². The van der Waals surface area contributed by atoms with Crippen molar-refractivity contribution >= 4 is 5.91 Å². The lowest BCUT2D eigenvalue weighted by molar-refractivity contribution is 0.0763. The molecule has 2 heteroatoms. The molecule has 1 aliphatic heterocycles. The smallest absolute Gasteiger partial charge is 0.258 e. The molecule has 0 N–H and O–H groups in total. The van der Waals surface area contributed by atoms with E-state index in [0.29, 0.717) is 0 Å². The van der Waals surface area contributed by atoms with E-state index in [0.717, 1.165) is 30.6 Å². The molecular weight excluding hydrogens is 222 g/mol. The minimum atomic E-state index is 0.0187. The second-order valence-electron chi connectivity index (χ2n) is 5.80. The van der Waals surface area contributed by atoms with Crippen LogP contribution in [0.25, 0.3) is 0 Å². The minimum Gasteiger partial charge on any atom is -0.312 e. The van der Waals surface area contributed by atoms with Gasteiger partial charge in [0.1, 0.15) is 0 Å². The highest BCUT2D eigenvalue weighted by Gasteiger charge is 2.29. The Labute approximate surface area is 109 Å². The molecule has 0 bridgehead atoms. The first-order chi connectivity index (χ1) is 8.50. The van der Waals surface area contributed by atoms with Gasteiger partial charge in [-0.15, -0.1) is 0 Å². The Bertz CT molecular complexity index is 454. The number of rotatable bonds is 1. The molecule has 0 aliphatic carbocycles. The molecule has 0 spiro atoms. The zero-order chi connectivity index (χ0) is 13.2. The summed E-state index contributed by atoms with van der Waals surface area (Å²) in [6.45, 7) is 7.32. The molecule has 2 nitrogen and oxygen atoms in total. The van der Waals surface area contributed by atoms with Crippen molar-refractivity contribution < 1.29 is 4.79 Å². The summed E-state index contributed by atoms with van der Waals surface area (Å²) in [5.74, 6) is 0.122. The Morgan fingerprint density at radius 2 is 1.83 bits per heavy atom. The van der Waals surface area contributed by atoms with Crippen molar-refractivity contribution in [2.75, 3.05) is 6.54 Å². The van der Waals surface area contributed by atoms with Crippen LogP contribution in [-0.2, 0) is 0 Å². The standard InChI is InChI=1S/C16H21NO/c1-16(2,3)14-11-7-8-12-17(14)15(18)13-9-5-4-6-10-13/h4-6,9-11H,7-8,12H2,1-3H3. The van der Waals surface area contributed by atoms with E-state index in [4.69, 9.17) is 0 Å². The Hall–Kier alpha value is -1.57. The number of carbonyl (C=O) groups excluding carboxylic acids is 1. The van der Waals surface area contributed by atoms with Crippen LogP contribution in [0, 0.1) is 5.41 Å². The van der Waals surface area contributed by atoms with Gasteiger partial charge in [-0.25, -0.2) is 0 Å². The molecule has 0 fully saturated rings. The molecule has 1 aromatic rings. The van der Waals surface area contributed by atoms with Gasteiger partial charge in [0.2, 0.25) is 0 Å². The molecule has 2 rings (SSSR count). The van der Waals surface area contributed by atoms with Crippen molar-refractivity contribution in [2.45, 2.75) is 33.6 Å². The molecule has 0 radical (unpaired) electrons. The third-order valence-electron chi connectivity index (χ3n) is 3.25. The average Bonchev–Trinajstić information content (AvgIpc) is 2.38. The van der Waals surface area contributed by atoms with Crippen LogP contribution in [-0.4, -0.2) is 17.4 Å². The number of carbonyl (C=O) groups is 1. The van der Waals surface area contributed by atoms with Gasteiger partial charge in [-0.3, -0.25) is 4.79 Å². The maximum absolute atomic E-state index is 12.5. The van der Waals surface area contributed by atoms with Gasteiger partial charge in [0, 0.05) is 23.2 Å². The van der Waals surface area contributed by atoms with E-state index >= 15 is 0 Å². The number of amides is 1. The average molecular weight is 243 g/mol. The predicted octanol–water partition coefficient (Wildman–Crippen LogP) is 3.85. The number of hydrogen-bond donors (Lipinski definition) is 0. The van der Waals surface area contributed by atoms with Crippen molar-refractivity contribution in [1.82, 2.24) is 4.90 Å². The van der Waals surface area contributed by atoms with Crippen molar-refractivity contribution in [2.24, 2.45) is 5.41 Å². The summed E-state index contributed by atoms with van der Waals surface area (Å²) in [4.78, 5) is 14.5. The molecule has 18 heavy (non-hydrogen) atoms. The maximum atomic E-state index is 12.5. The molecule has 0 aromatic heterocycles. The maximum Gasteiger partial charge on any atom is 0.258 e. The molecule has 1 amide bonds. The lowest BCUT2D eigenvalue weighted by Crippen LogP contribution is -2.38. The van der Waals surface area contributed by atoms with E-state index < -0.39 is 0 Å². The topological polar surface area (TPSA) is 20.3 Å². The summed E-state index contributed by atoms with van der Waals surface area (Å²) >= 11 is 0. The minimum absolute atomic E-state index is 0.0187. The second kappa shape index (κ2) is 4.97. The summed E-state index contributed by atoms with van der Waals surface area (Å²) in [5.41, 5.74) is 1.95. The second-order valence-corrected chi connectivity index (χ2v) is 5.80. The molecular formula is C16H21NO. The predicted molar refractivity (Wildman–Crippen MR) is 74.3 cm³/mol. The Morgan fingerprint density at radius 3 is 2.44 bits per heavy atom. The van der Waals surface area contributed by atoms with E-state index in [1.807, 2.05) is 35.2 Å². The van der Waals surface area contributed by atoms with E-state index in [1.165, 1.54) is 0 Å². The summed E-state index contributed by atoms with van der Waals surface area (Å²) in [6, 6.07) is 9.54. The third-order valence-corrected chi connectivity index (χ3v) is 3.25. The molecule has 0 atom stereocenters. The first-order valence-corrected chi connectivity index (χ1v) is 6.58. The number of nitrogens with zero attached hydrogens (tertiary/aromatic N) is 1. The van der Waals surface area contributed by atoms with Crippen LogP contribution < -0.4 is 0 Å². The van der Waals surface area contributed by atoms with Crippen LogP contribution in [0.2, 0.25) is 0 Å². The Kier molecular flexibility index (Phi) is 3.55. The number of allylic oxidation sites excluding steroid dienone is 2. The van der Waals surface area contributed by atoms with Gasteiger partial charge in [-0.1, -0.05) is 45.0 Å². The highest BCUT2D eigenvalue weighted by atomic mass is 16.2. The third kappa shape index (κ3) is 2.63. The van der Waals surface area contributed by atoms with Crippen LogP contribution >= 0.6 is 0 Å². The van der Waals surface area contributed by atoms with Crippen molar-refractivity contribution in [3.63, 3.8) is 0 Å². The molecule has 1 aliphatic rings. The van der Waals surface area contributed by atoms with Gasteiger partial charge in [0.15, 0.2) is 0 Å². The van der Waals surface area contributed by atoms with Crippen LogP contribution in [0.1, 0.15) is 44.0 Å². The fraction of sp³-hybridized carbons (Fsp3) is 0.438. The number of benzene rings is 1. The van der Waals surface area contributed by atoms with E-state index in [1.54, 1.807) is 0 Å². The molecule has 0 saturated carbocycles. The van der Waals surface area contributed by atoms with Gasteiger partial charge in [0.05, 0.1) is 0 Å². The van der Waals surface area contributed by atoms with Gasteiger partial charge < -0.3 is 4.90 Å².